The van der Waals surface area contributed by atoms with Gasteiger partial charge in [0.05, 0.1) is 18.1 Å². The molecule has 4 aromatic rings. The second kappa shape index (κ2) is 9.27. The number of sulfonamides is 1. The number of aromatic nitrogens is 3. The minimum atomic E-state index is -3.95. The Bertz CT molecular complexity index is 1460. The number of anilines is 1. The fourth-order valence-electron chi connectivity index (χ4n) is 3.28. The highest BCUT2D eigenvalue weighted by molar-refractivity contribution is 7.89. The van der Waals surface area contributed by atoms with Crippen molar-refractivity contribution in [3.05, 3.63) is 82.5 Å². The number of ether oxygens (including phenoxy) is 1. The van der Waals surface area contributed by atoms with Crippen molar-refractivity contribution in [2.45, 2.75) is 11.3 Å². The van der Waals surface area contributed by atoms with E-state index < -0.39 is 15.9 Å². The summed E-state index contributed by atoms with van der Waals surface area (Å²) in [4.78, 5) is 33.4. The second-order valence-electron chi connectivity index (χ2n) is 7.13. The maximum absolute atomic E-state index is 12.9. The van der Waals surface area contributed by atoms with Gasteiger partial charge in [-0.05, 0) is 48.5 Å². The molecular formula is C22H21N5O5S. The first-order valence-electron chi connectivity index (χ1n) is 9.97. The van der Waals surface area contributed by atoms with Crippen LogP contribution in [-0.4, -0.2) is 42.9 Å². The number of fused-ring (bicyclic) bond motifs is 1. The molecule has 0 radical (unpaired) electrons. The Morgan fingerprint density at radius 2 is 1.88 bits per heavy atom. The molecule has 0 aliphatic heterocycles. The lowest BCUT2D eigenvalue weighted by Gasteiger charge is -2.13. The molecule has 2 heterocycles. The van der Waals surface area contributed by atoms with Gasteiger partial charge in [0.1, 0.15) is 10.6 Å². The van der Waals surface area contributed by atoms with Crippen LogP contribution in [0.4, 0.5) is 5.69 Å². The first-order chi connectivity index (χ1) is 15.9. The first kappa shape index (κ1) is 22.2. The van der Waals surface area contributed by atoms with Crippen LogP contribution in [0.2, 0.25) is 0 Å². The van der Waals surface area contributed by atoms with E-state index in [9.17, 15) is 18.0 Å². The van der Waals surface area contributed by atoms with Gasteiger partial charge >= 0.3 is 5.69 Å². The van der Waals surface area contributed by atoms with Crippen LogP contribution in [0.25, 0.3) is 11.0 Å². The van der Waals surface area contributed by atoms with Gasteiger partial charge in [-0.2, -0.15) is 0 Å². The van der Waals surface area contributed by atoms with E-state index in [1.807, 2.05) is 6.07 Å². The van der Waals surface area contributed by atoms with Crippen LogP contribution in [0.15, 0.2) is 70.5 Å². The summed E-state index contributed by atoms with van der Waals surface area (Å²) in [6.07, 6.45) is 2.05. The Labute approximate surface area is 189 Å². The zero-order chi connectivity index (χ0) is 23.4. The highest BCUT2D eigenvalue weighted by atomic mass is 32.2. The zero-order valence-corrected chi connectivity index (χ0v) is 18.4. The third-order valence-electron chi connectivity index (χ3n) is 4.89. The maximum atomic E-state index is 12.9. The average Bonchev–Trinajstić information content (AvgIpc) is 3.18. The van der Waals surface area contributed by atoms with Crippen molar-refractivity contribution in [2.24, 2.45) is 0 Å². The molecular weight excluding hydrogens is 446 g/mol. The minimum Gasteiger partial charge on any atom is -0.495 e. The smallest absolute Gasteiger partial charge is 0.323 e. The number of imidazole rings is 1. The van der Waals surface area contributed by atoms with Crippen molar-refractivity contribution in [1.82, 2.24) is 19.7 Å². The molecule has 0 unspecified atom stereocenters. The minimum absolute atomic E-state index is 0.114. The molecule has 1 amide bonds. The molecule has 11 heteroatoms. The number of benzene rings is 2. The van der Waals surface area contributed by atoms with E-state index in [0.717, 1.165) is 5.69 Å². The highest BCUT2D eigenvalue weighted by Crippen LogP contribution is 2.25. The Hall–Kier alpha value is -3.96. The molecule has 0 aliphatic carbocycles. The Kier molecular flexibility index (Phi) is 6.24. The molecule has 0 saturated carbocycles. The molecule has 2 aromatic carbocycles. The number of hydrogen-bond acceptors (Lipinski definition) is 6. The monoisotopic (exact) mass is 467 g/mol. The molecule has 0 bridgehead atoms. The standard InChI is InChI=1S/C22H21N5O5S/c1-32-19-8-5-14(21(28)25-16-6-7-17-18(13-16)27-22(29)26-17)12-20(19)33(30,31)24-11-9-15-4-2-3-10-23-15/h2-8,10,12-13,24H,9,11H2,1H3,(H,25,28)(H2,26,27,29). The summed E-state index contributed by atoms with van der Waals surface area (Å²) in [5, 5.41) is 2.70. The highest BCUT2D eigenvalue weighted by Gasteiger charge is 2.21. The fourth-order valence-corrected chi connectivity index (χ4v) is 4.50. The fraction of sp³-hybridized carbons (Fsp3) is 0.136. The van der Waals surface area contributed by atoms with E-state index in [1.54, 1.807) is 36.5 Å². The van der Waals surface area contributed by atoms with Crippen molar-refractivity contribution in [2.75, 3.05) is 19.0 Å². The van der Waals surface area contributed by atoms with Crippen LogP contribution in [0.5, 0.6) is 5.75 Å². The summed E-state index contributed by atoms with van der Waals surface area (Å²) in [6, 6.07) is 14.5. The van der Waals surface area contributed by atoms with Gasteiger partial charge in [-0.15, -0.1) is 0 Å². The van der Waals surface area contributed by atoms with Crippen molar-refractivity contribution in [3.63, 3.8) is 0 Å². The van der Waals surface area contributed by atoms with E-state index >= 15 is 0 Å². The van der Waals surface area contributed by atoms with Gasteiger partial charge in [-0.1, -0.05) is 6.07 Å². The van der Waals surface area contributed by atoms with Gasteiger partial charge in [0.25, 0.3) is 5.91 Å². The Morgan fingerprint density at radius 3 is 2.64 bits per heavy atom. The third kappa shape index (κ3) is 5.10. The zero-order valence-electron chi connectivity index (χ0n) is 17.6. The number of H-pyrrole nitrogens is 2. The summed E-state index contributed by atoms with van der Waals surface area (Å²) in [5.41, 5.74) is 2.11. The molecule has 4 N–H and O–H groups in total. The van der Waals surface area contributed by atoms with E-state index in [0.29, 0.717) is 23.1 Å². The quantitative estimate of drug-likeness (QED) is 0.312. The summed E-state index contributed by atoms with van der Waals surface area (Å²) in [7, 11) is -2.60. The molecule has 4 rings (SSSR count). The van der Waals surface area contributed by atoms with Crippen LogP contribution in [-0.2, 0) is 16.4 Å². The summed E-state index contributed by atoms with van der Waals surface area (Å²) < 4.78 is 33.5. The van der Waals surface area contributed by atoms with Crippen molar-refractivity contribution in [1.29, 1.82) is 0 Å². The SMILES string of the molecule is COc1ccc(C(=O)Nc2ccc3[nH]c(=O)[nH]c3c2)cc1S(=O)(=O)NCCc1ccccn1. The van der Waals surface area contributed by atoms with Crippen molar-refractivity contribution in [3.8, 4) is 5.75 Å². The van der Waals surface area contributed by atoms with Crippen LogP contribution >= 0.6 is 0 Å². The molecule has 0 saturated heterocycles. The number of hydrogen-bond donors (Lipinski definition) is 4. The van der Waals surface area contributed by atoms with Gasteiger partial charge in [0.2, 0.25) is 10.0 Å². The van der Waals surface area contributed by atoms with Gasteiger partial charge in [-0.3, -0.25) is 9.78 Å². The summed E-state index contributed by atoms with van der Waals surface area (Å²) in [6.45, 7) is 0.133. The molecule has 0 aliphatic rings. The van der Waals surface area contributed by atoms with Crippen LogP contribution in [0.3, 0.4) is 0 Å². The Morgan fingerprint density at radius 1 is 1.06 bits per heavy atom. The second-order valence-corrected chi connectivity index (χ2v) is 8.86. The van der Waals surface area contributed by atoms with Crippen molar-refractivity contribution >= 4 is 32.7 Å². The van der Waals surface area contributed by atoms with Gasteiger partial charge in [-0.25, -0.2) is 17.9 Å². The van der Waals surface area contributed by atoms with Gasteiger partial charge in [0, 0.05) is 36.1 Å². The lowest BCUT2D eigenvalue weighted by molar-refractivity contribution is 0.102. The van der Waals surface area contributed by atoms with E-state index in [2.05, 4.69) is 25.0 Å². The van der Waals surface area contributed by atoms with Crippen molar-refractivity contribution < 1.29 is 17.9 Å². The topological polar surface area (TPSA) is 146 Å². The van der Waals surface area contributed by atoms with E-state index in [1.165, 1.54) is 25.3 Å². The summed E-state index contributed by atoms with van der Waals surface area (Å²) >= 11 is 0. The normalized spacial score (nSPS) is 11.4. The number of methoxy groups -OCH3 is 1. The van der Waals surface area contributed by atoms with Gasteiger partial charge in [0.15, 0.2) is 0 Å². The molecule has 170 valence electrons. The predicted molar refractivity (Wildman–Crippen MR) is 123 cm³/mol. The molecule has 0 atom stereocenters. The first-order valence-corrected chi connectivity index (χ1v) is 11.4. The number of carbonyl (C=O) groups excluding carboxylic acids is 1. The number of aromatic amines is 2. The average molecular weight is 468 g/mol. The van der Waals surface area contributed by atoms with E-state index in [4.69, 9.17) is 4.74 Å². The number of nitrogens with zero attached hydrogens (tertiary/aromatic N) is 1. The van der Waals surface area contributed by atoms with Crippen LogP contribution in [0.1, 0.15) is 16.1 Å². The molecule has 0 spiro atoms. The van der Waals surface area contributed by atoms with E-state index in [-0.39, 0.29) is 28.4 Å². The van der Waals surface area contributed by atoms with Crippen LogP contribution < -0.4 is 20.5 Å². The molecule has 33 heavy (non-hydrogen) atoms. The largest absolute Gasteiger partial charge is 0.495 e. The summed E-state index contributed by atoms with van der Waals surface area (Å²) in [5.74, 6) is -0.400. The number of rotatable bonds is 8. The molecule has 10 nitrogen and oxygen atoms in total. The lowest BCUT2D eigenvalue weighted by Crippen LogP contribution is -2.27. The number of carbonyl (C=O) groups is 1. The molecule has 2 aromatic heterocycles. The number of amides is 1. The lowest BCUT2D eigenvalue weighted by atomic mass is 10.2. The Balaban J connectivity index is 1.53. The van der Waals surface area contributed by atoms with Crippen LogP contribution in [0, 0.1) is 0 Å². The number of nitrogens with one attached hydrogen (secondary N) is 4. The third-order valence-corrected chi connectivity index (χ3v) is 6.37. The number of pyridine rings is 1. The van der Waals surface area contributed by atoms with Gasteiger partial charge < -0.3 is 20.0 Å². The maximum Gasteiger partial charge on any atom is 0.323 e. The molecule has 0 fully saturated rings. The predicted octanol–water partition coefficient (Wildman–Crippen LogP) is 2.03.